The van der Waals surface area contributed by atoms with Crippen LogP contribution in [0.25, 0.3) is 0 Å². The van der Waals surface area contributed by atoms with Crippen molar-refractivity contribution in [3.63, 3.8) is 0 Å². The molecule has 0 aromatic carbocycles. The van der Waals surface area contributed by atoms with Crippen LogP contribution in [0.5, 0.6) is 0 Å². The number of unbranched alkanes of at least 4 members (excludes halogenated alkanes) is 28. The molecular weight excluding hydrogens is 806 g/mol. The number of carbonyl (C=O) groups excluding carboxylic acids is 3. The van der Waals surface area contributed by atoms with Gasteiger partial charge >= 0.3 is 55.6 Å². The van der Waals surface area contributed by atoms with Gasteiger partial charge in [-0.25, -0.2) is 0 Å². The van der Waals surface area contributed by atoms with E-state index in [2.05, 4.69) is 18.6 Å². The molecule has 0 aliphatic carbocycles. The molecular formula is C45H88CaO10Zn. The van der Waals surface area contributed by atoms with Crippen LogP contribution in [-0.4, -0.2) is 106 Å². The van der Waals surface area contributed by atoms with Crippen LogP contribution in [-0.2, 0) is 48.2 Å². The van der Waals surface area contributed by atoms with Crippen molar-refractivity contribution in [1.82, 2.24) is 0 Å². The normalized spacial score (nSPS) is 11.1. The largest absolute Gasteiger partial charge is 0 e. The van der Waals surface area contributed by atoms with E-state index in [4.69, 9.17) is 15.3 Å². The monoisotopic (exact) mass is 893 g/mol. The number of rotatable bonds is 37. The summed E-state index contributed by atoms with van der Waals surface area (Å²) in [4.78, 5) is 54.0. The maximum atomic E-state index is 11.3. The Kier molecular flexibility index (Phi) is 57.5. The Morgan fingerprint density at radius 3 is 0.825 bits per heavy atom. The number of carboxylic acids is 2. The molecule has 0 amide bonds. The van der Waals surface area contributed by atoms with Crippen LogP contribution in [0, 0.1) is 0 Å². The number of ketones is 2. The van der Waals surface area contributed by atoms with Gasteiger partial charge in [-0.05, 0) is 26.7 Å². The predicted molar refractivity (Wildman–Crippen MR) is 232 cm³/mol. The van der Waals surface area contributed by atoms with Gasteiger partial charge < -0.3 is 25.2 Å². The van der Waals surface area contributed by atoms with Gasteiger partial charge in [0, 0.05) is 39.2 Å². The maximum absolute atomic E-state index is 11.3. The Hall–Kier alpha value is -0.447. The van der Waals surface area contributed by atoms with Crippen LogP contribution < -0.4 is 0 Å². The van der Waals surface area contributed by atoms with E-state index >= 15 is 0 Å². The fourth-order valence-electron chi connectivity index (χ4n) is 6.58. The average molecular weight is 895 g/mol. The molecule has 0 aromatic rings. The molecule has 12 heteroatoms. The Labute approximate surface area is 391 Å². The third-order valence-corrected chi connectivity index (χ3v) is 9.98. The molecule has 0 bridgehead atoms. The molecule has 0 saturated heterocycles. The van der Waals surface area contributed by atoms with Gasteiger partial charge in [-0.15, -0.1) is 0 Å². The molecule has 0 saturated carbocycles. The van der Waals surface area contributed by atoms with Gasteiger partial charge in [-0.1, -0.05) is 194 Å². The molecule has 57 heavy (non-hydrogen) atoms. The van der Waals surface area contributed by atoms with Crippen molar-refractivity contribution in [1.29, 1.82) is 0 Å². The van der Waals surface area contributed by atoms with Gasteiger partial charge in [0.25, 0.3) is 5.60 Å². The Morgan fingerprint density at radius 1 is 0.456 bits per heavy atom. The third-order valence-electron chi connectivity index (χ3n) is 9.98. The minimum absolute atomic E-state index is 0. The summed E-state index contributed by atoms with van der Waals surface area (Å²) in [6.07, 6.45) is 38.6. The zero-order valence-electron chi connectivity index (χ0n) is 36.9. The van der Waals surface area contributed by atoms with E-state index in [1.54, 1.807) is 0 Å². The summed E-state index contributed by atoms with van der Waals surface area (Å²) in [5, 5.41) is 35.2. The quantitative estimate of drug-likeness (QED) is 0.0203. The molecule has 1 atom stereocenters. The molecule has 0 fully saturated rings. The molecule has 4 N–H and O–H groups in total. The predicted octanol–water partition coefficient (Wildman–Crippen LogP) is 10.6. The van der Waals surface area contributed by atoms with Crippen LogP contribution in [0.4, 0.5) is 0 Å². The smallest absolute Gasteiger partial charge is 0 e. The number of hydrogen-bond donors (Lipinski definition) is 4. The zero-order valence-corrected chi connectivity index (χ0v) is 39.8. The number of Topliss-reactive ketones (excluding diaryl/α,β-unsaturated/α-hetero) is 2. The number of hydrogen-bond acceptors (Lipinski definition) is 8. The van der Waals surface area contributed by atoms with Crippen molar-refractivity contribution >= 4 is 67.2 Å². The van der Waals surface area contributed by atoms with Crippen molar-refractivity contribution in [2.24, 2.45) is 0 Å². The van der Waals surface area contributed by atoms with Gasteiger partial charge in [0.15, 0.2) is 11.6 Å². The van der Waals surface area contributed by atoms with Gasteiger partial charge in [0.2, 0.25) is 0 Å². The minimum atomic E-state index is -2.29. The van der Waals surface area contributed by atoms with Crippen LogP contribution >= 0.6 is 0 Å². The summed E-state index contributed by atoms with van der Waals surface area (Å²) in [6, 6.07) is 0. The Bertz CT molecular complexity index is 876. The first-order valence-electron chi connectivity index (χ1n) is 22.3. The van der Waals surface area contributed by atoms with Crippen molar-refractivity contribution in [2.75, 3.05) is 6.61 Å². The minimum Gasteiger partial charge on any atom is 0 e. The number of aliphatic hydroxyl groups is 2. The van der Waals surface area contributed by atoms with Gasteiger partial charge in [-0.2, -0.15) is 0 Å². The van der Waals surface area contributed by atoms with Crippen LogP contribution in [0.1, 0.15) is 240 Å². The number of carbonyl (C=O) groups is 5. The Balaban J connectivity index is -0.000000236. The summed E-state index contributed by atoms with van der Waals surface area (Å²) in [6.45, 7) is 6.70. The molecule has 0 spiro atoms. The standard InChI is InChI=1S/2C18H36O2.C9H14O6.Ca.Zn.2H/c2*1-2-3-4-5-6-7-8-9-10-11-12-13-14-15-16-17-18(19)20;1-5(11)9(6(2)12,8(14)4-10)15-7(3)13;;;;/h2*2-17H2,1H3,(H,19,20);8,10,14H,4H2,1-3H3;;;;. The molecule has 1 unspecified atom stereocenters. The fourth-order valence-corrected chi connectivity index (χ4v) is 6.58. The van der Waals surface area contributed by atoms with E-state index in [0.717, 1.165) is 46.5 Å². The number of ether oxygens (including phenoxy) is 1. The SMILES string of the molecule is CC(=O)OC(C(C)=O)(C(C)=O)C(O)CO.CCCCCCCCCCCCCCCCCC(=O)O.CCCCCCCCCCCCCCCCCC(=O)O.[CaH2].[Zn]. The van der Waals surface area contributed by atoms with Crippen molar-refractivity contribution in [2.45, 2.75) is 252 Å². The van der Waals surface area contributed by atoms with Gasteiger partial charge in [-0.3, -0.25) is 24.0 Å². The summed E-state index contributed by atoms with van der Waals surface area (Å²) in [7, 11) is 0. The second-order valence-electron chi connectivity index (χ2n) is 15.3. The van der Waals surface area contributed by atoms with Crippen molar-refractivity contribution in [3.05, 3.63) is 0 Å². The molecule has 332 valence electrons. The molecule has 0 radical (unpaired) electrons. The third kappa shape index (κ3) is 46.5. The number of esters is 1. The van der Waals surface area contributed by atoms with E-state index in [1.165, 1.54) is 167 Å². The summed E-state index contributed by atoms with van der Waals surface area (Å²) >= 11 is 0. The number of carboxylic acid groups (broad SMARTS) is 2. The van der Waals surface area contributed by atoms with Crippen LogP contribution in [0.2, 0.25) is 0 Å². The summed E-state index contributed by atoms with van der Waals surface area (Å²) in [5.41, 5.74) is -2.29. The van der Waals surface area contributed by atoms with Crippen LogP contribution in [0.15, 0.2) is 0 Å². The topological polar surface area (TPSA) is 175 Å². The molecule has 0 rings (SSSR count). The summed E-state index contributed by atoms with van der Waals surface area (Å²) in [5.74, 6) is -3.84. The number of aliphatic carboxylic acids is 2. The molecule has 0 aliphatic heterocycles. The summed E-state index contributed by atoms with van der Waals surface area (Å²) < 4.78 is 4.57. The first kappa shape index (κ1) is 65.7. The molecule has 0 aliphatic rings. The molecule has 0 heterocycles. The average Bonchev–Trinajstić information content (AvgIpc) is 3.13. The maximum Gasteiger partial charge on any atom is 0 e. The van der Waals surface area contributed by atoms with Crippen molar-refractivity contribution in [3.8, 4) is 0 Å². The second-order valence-corrected chi connectivity index (χ2v) is 15.3. The van der Waals surface area contributed by atoms with Crippen molar-refractivity contribution < 1.29 is 68.6 Å². The van der Waals surface area contributed by atoms with E-state index < -0.39 is 47.8 Å². The van der Waals surface area contributed by atoms with Gasteiger partial charge in [0.1, 0.15) is 6.10 Å². The first-order chi connectivity index (χ1) is 26.3. The van der Waals surface area contributed by atoms with E-state index in [0.29, 0.717) is 12.8 Å². The Morgan fingerprint density at radius 2 is 0.667 bits per heavy atom. The molecule has 0 aromatic heterocycles. The van der Waals surface area contributed by atoms with Gasteiger partial charge in [0.05, 0.1) is 6.61 Å². The number of aliphatic hydroxyl groups excluding tert-OH is 2. The van der Waals surface area contributed by atoms with E-state index in [-0.39, 0.29) is 57.2 Å². The molecule has 10 nitrogen and oxygen atoms in total. The zero-order chi connectivity index (χ0) is 42.0. The van der Waals surface area contributed by atoms with Crippen LogP contribution in [0.3, 0.4) is 0 Å². The van der Waals surface area contributed by atoms with E-state index in [9.17, 15) is 29.1 Å². The van der Waals surface area contributed by atoms with E-state index in [1.807, 2.05) is 0 Å². The fraction of sp³-hybridized carbons (Fsp3) is 0.889. The second kappa shape index (κ2) is 49.9. The first-order valence-corrected chi connectivity index (χ1v) is 22.3.